The van der Waals surface area contributed by atoms with E-state index in [-0.39, 0.29) is 0 Å². The van der Waals surface area contributed by atoms with Crippen LogP contribution in [0.2, 0.25) is 0 Å². The zero-order chi connectivity index (χ0) is 12.6. The molecule has 1 aromatic carbocycles. The Labute approximate surface area is 114 Å². The van der Waals surface area contributed by atoms with Crippen molar-refractivity contribution in [3.63, 3.8) is 0 Å². The summed E-state index contributed by atoms with van der Waals surface area (Å²) in [7, 11) is 1.77. The minimum Gasteiger partial charge on any atom is -0.385 e. The van der Waals surface area contributed by atoms with Crippen molar-refractivity contribution in [2.45, 2.75) is 30.1 Å². The lowest BCUT2D eigenvalue weighted by molar-refractivity contribution is 0.192. The minimum absolute atomic E-state index is 0.699. The number of hydrogen-bond acceptors (Lipinski definition) is 3. The van der Waals surface area contributed by atoms with E-state index in [1.807, 2.05) is 11.8 Å². The molecule has 1 atom stereocenters. The molecule has 0 saturated heterocycles. The molecule has 0 bridgehead atoms. The lowest BCUT2D eigenvalue weighted by atomic mass is 10.0. The Morgan fingerprint density at radius 1 is 1.28 bits per heavy atom. The summed E-state index contributed by atoms with van der Waals surface area (Å²) in [6, 6.07) is 8.81. The average molecular weight is 265 g/mol. The highest BCUT2D eigenvalue weighted by atomic mass is 32.2. The van der Waals surface area contributed by atoms with E-state index in [4.69, 9.17) is 4.74 Å². The first-order valence-corrected chi connectivity index (χ1v) is 7.81. The molecule has 18 heavy (non-hydrogen) atoms. The van der Waals surface area contributed by atoms with Gasteiger partial charge in [-0.3, -0.25) is 0 Å². The van der Waals surface area contributed by atoms with Crippen LogP contribution >= 0.6 is 11.8 Å². The van der Waals surface area contributed by atoms with E-state index in [9.17, 15) is 0 Å². The van der Waals surface area contributed by atoms with Crippen molar-refractivity contribution >= 4 is 11.8 Å². The highest BCUT2D eigenvalue weighted by Gasteiger charge is 2.21. The molecule has 0 spiro atoms. The van der Waals surface area contributed by atoms with Crippen LogP contribution in [-0.2, 0) is 4.74 Å². The summed E-state index contributed by atoms with van der Waals surface area (Å²) in [6.07, 6.45) is 3.70. The van der Waals surface area contributed by atoms with Crippen LogP contribution in [0.25, 0.3) is 0 Å². The lowest BCUT2D eigenvalue weighted by Gasteiger charge is -2.11. The third-order valence-electron chi connectivity index (χ3n) is 3.39. The molecule has 100 valence electrons. The lowest BCUT2D eigenvalue weighted by Crippen LogP contribution is -2.22. The number of ether oxygens (including phenoxy) is 1. The first-order chi connectivity index (χ1) is 8.92. The fourth-order valence-electron chi connectivity index (χ4n) is 2.35. The van der Waals surface area contributed by atoms with Gasteiger partial charge < -0.3 is 10.1 Å². The quantitative estimate of drug-likeness (QED) is 0.729. The molecule has 0 amide bonds. The number of benzene rings is 1. The molecule has 2 nitrogen and oxygen atoms in total. The van der Waals surface area contributed by atoms with Gasteiger partial charge in [0.1, 0.15) is 0 Å². The molecule has 0 aromatic heterocycles. The van der Waals surface area contributed by atoms with E-state index < -0.39 is 0 Å². The summed E-state index contributed by atoms with van der Waals surface area (Å²) < 4.78 is 5.05. The number of rotatable bonds is 8. The van der Waals surface area contributed by atoms with E-state index >= 15 is 0 Å². The molecule has 1 aliphatic rings. The Morgan fingerprint density at radius 3 is 3.06 bits per heavy atom. The first-order valence-electron chi connectivity index (χ1n) is 6.83. The largest absolute Gasteiger partial charge is 0.385 e. The summed E-state index contributed by atoms with van der Waals surface area (Å²) in [5, 5.41) is 3.59. The summed E-state index contributed by atoms with van der Waals surface area (Å²) in [6.45, 7) is 3.15. The van der Waals surface area contributed by atoms with Crippen molar-refractivity contribution in [1.82, 2.24) is 5.32 Å². The number of hydrogen-bond donors (Lipinski definition) is 1. The molecular weight excluding hydrogens is 242 g/mol. The van der Waals surface area contributed by atoms with Crippen LogP contribution < -0.4 is 5.32 Å². The van der Waals surface area contributed by atoms with Crippen molar-refractivity contribution in [1.29, 1.82) is 0 Å². The summed E-state index contributed by atoms with van der Waals surface area (Å²) >= 11 is 1.99. The molecule has 0 fully saturated rings. The van der Waals surface area contributed by atoms with Crippen molar-refractivity contribution in [2.75, 3.05) is 32.6 Å². The summed E-state index contributed by atoms with van der Waals surface area (Å²) in [5.74, 6) is 1.93. The highest BCUT2D eigenvalue weighted by Crippen LogP contribution is 2.38. The van der Waals surface area contributed by atoms with Crippen LogP contribution in [0.3, 0.4) is 0 Å². The van der Waals surface area contributed by atoms with Gasteiger partial charge in [-0.15, -0.1) is 11.8 Å². The topological polar surface area (TPSA) is 21.3 Å². The minimum atomic E-state index is 0.699. The van der Waals surface area contributed by atoms with Gasteiger partial charge in [0, 0.05) is 36.8 Å². The maximum Gasteiger partial charge on any atom is 0.0462 e. The van der Waals surface area contributed by atoms with Gasteiger partial charge >= 0.3 is 0 Å². The second-order valence-corrected chi connectivity index (χ2v) is 5.87. The second-order valence-electron chi connectivity index (χ2n) is 4.80. The van der Waals surface area contributed by atoms with Gasteiger partial charge in [0.15, 0.2) is 0 Å². The number of fused-ring (bicyclic) bond motifs is 1. The van der Waals surface area contributed by atoms with Gasteiger partial charge in [-0.05, 0) is 37.4 Å². The molecule has 3 heteroatoms. The average Bonchev–Trinajstić information content (AvgIpc) is 2.81. The van der Waals surface area contributed by atoms with E-state index in [1.165, 1.54) is 35.5 Å². The zero-order valence-corrected chi connectivity index (χ0v) is 12.0. The Morgan fingerprint density at radius 2 is 2.17 bits per heavy atom. The maximum absolute atomic E-state index is 5.05. The molecule has 0 aliphatic carbocycles. The smallest absolute Gasteiger partial charge is 0.0462 e. The van der Waals surface area contributed by atoms with Crippen molar-refractivity contribution in [2.24, 2.45) is 0 Å². The fourth-order valence-corrected chi connectivity index (χ4v) is 3.60. The van der Waals surface area contributed by atoms with Crippen LogP contribution in [0, 0.1) is 0 Å². The molecule has 0 radical (unpaired) electrons. The van der Waals surface area contributed by atoms with Crippen molar-refractivity contribution < 1.29 is 4.74 Å². The summed E-state index contributed by atoms with van der Waals surface area (Å²) in [5.41, 5.74) is 1.54. The zero-order valence-electron chi connectivity index (χ0n) is 11.2. The summed E-state index contributed by atoms with van der Waals surface area (Å²) in [4.78, 5) is 1.48. The maximum atomic E-state index is 5.05. The van der Waals surface area contributed by atoms with Crippen LogP contribution in [0.15, 0.2) is 29.2 Å². The van der Waals surface area contributed by atoms with E-state index in [2.05, 4.69) is 29.6 Å². The Bertz CT molecular complexity index is 356. The van der Waals surface area contributed by atoms with Gasteiger partial charge in [-0.25, -0.2) is 0 Å². The molecule has 1 unspecified atom stereocenters. The second kappa shape index (κ2) is 7.82. The standard InChI is InChI=1S/C15H23NOS/c1-17-10-6-2-5-9-16-11-13-12-18-15-8-4-3-7-14(13)15/h3-4,7-8,13,16H,2,5-6,9-12H2,1H3. The normalized spacial score (nSPS) is 17.9. The predicted molar refractivity (Wildman–Crippen MR) is 78.5 cm³/mol. The molecule has 2 rings (SSSR count). The molecular formula is C15H23NOS. The van der Waals surface area contributed by atoms with Gasteiger partial charge in [-0.1, -0.05) is 18.2 Å². The SMILES string of the molecule is COCCCCCNCC1CSc2ccccc21. The first kappa shape index (κ1) is 13.9. The molecule has 1 N–H and O–H groups in total. The van der Waals surface area contributed by atoms with E-state index in [0.717, 1.165) is 19.7 Å². The molecule has 1 aromatic rings. The van der Waals surface area contributed by atoms with Crippen LogP contribution in [-0.4, -0.2) is 32.6 Å². The third kappa shape index (κ3) is 4.01. The van der Waals surface area contributed by atoms with Crippen LogP contribution in [0.5, 0.6) is 0 Å². The number of nitrogens with one attached hydrogen (secondary N) is 1. The molecule has 0 saturated carbocycles. The number of unbranched alkanes of at least 4 members (excludes halogenated alkanes) is 2. The predicted octanol–water partition coefficient (Wildman–Crippen LogP) is 3.28. The van der Waals surface area contributed by atoms with Crippen LogP contribution in [0.1, 0.15) is 30.7 Å². The highest BCUT2D eigenvalue weighted by molar-refractivity contribution is 7.99. The van der Waals surface area contributed by atoms with Crippen molar-refractivity contribution in [3.05, 3.63) is 29.8 Å². The number of methoxy groups -OCH3 is 1. The Balaban J connectivity index is 1.61. The Hall–Kier alpha value is -0.510. The van der Waals surface area contributed by atoms with Crippen molar-refractivity contribution in [3.8, 4) is 0 Å². The monoisotopic (exact) mass is 265 g/mol. The van der Waals surface area contributed by atoms with Gasteiger partial charge in [-0.2, -0.15) is 0 Å². The van der Waals surface area contributed by atoms with Gasteiger partial charge in [0.25, 0.3) is 0 Å². The van der Waals surface area contributed by atoms with E-state index in [1.54, 1.807) is 7.11 Å². The molecule has 1 heterocycles. The Kier molecular flexibility index (Phi) is 6.05. The van der Waals surface area contributed by atoms with Gasteiger partial charge in [0.05, 0.1) is 0 Å². The molecule has 1 aliphatic heterocycles. The number of thioether (sulfide) groups is 1. The van der Waals surface area contributed by atoms with Crippen LogP contribution in [0.4, 0.5) is 0 Å². The fraction of sp³-hybridized carbons (Fsp3) is 0.600. The van der Waals surface area contributed by atoms with Gasteiger partial charge in [0.2, 0.25) is 0 Å². The third-order valence-corrected chi connectivity index (χ3v) is 4.64. The van der Waals surface area contributed by atoms with E-state index in [0.29, 0.717) is 5.92 Å².